The van der Waals surface area contributed by atoms with Crippen LogP contribution in [0.4, 0.5) is 0 Å². The van der Waals surface area contributed by atoms with Crippen LogP contribution in [-0.4, -0.2) is 53.1 Å². The van der Waals surface area contributed by atoms with Gasteiger partial charge in [0.25, 0.3) is 0 Å². The molecule has 0 unspecified atom stereocenters. The Morgan fingerprint density at radius 3 is 0.957 bits per heavy atom. The number of aryl methyl sites for hydroxylation is 6. The summed E-state index contributed by atoms with van der Waals surface area (Å²) >= 11 is 0. The van der Waals surface area contributed by atoms with Crippen LogP contribution in [0.15, 0.2) is 146 Å². The van der Waals surface area contributed by atoms with Crippen LogP contribution in [0.3, 0.4) is 0 Å². The van der Waals surface area contributed by atoms with E-state index in [9.17, 15) is 0 Å². The standard InChI is InChI=1S/C84H86N8O2/c1-49-45-51(3)75(52(4)46-49)79-61-29-25-57(85-61)77-55-21-13-15-23-65(55)93-43-19-17-41-83(11)71-37-33-67(89-71)81(7,8)68-34-38-72(90-68)84(12,74-40-36-70(92-74)82(9,10)69-35-39-73(83)91-69)42-18-20-44-94-66-24-16-14-22-56(66)78(58-26-30-62(79)86-58)60-28-32-64(88-60)80(63-31-27-59(77)87-63)76-53(5)47-50(2)48-54(76)6/h13-16,21-40,45-48,85,88-92H,17-20,41-44H2,1-12H3. The van der Waals surface area contributed by atoms with E-state index in [1.54, 1.807) is 0 Å². The van der Waals surface area contributed by atoms with Crippen molar-refractivity contribution in [3.05, 3.63) is 247 Å². The summed E-state index contributed by atoms with van der Waals surface area (Å²) in [4.78, 5) is 35.9. The number of aromatic amines is 6. The third-order valence-corrected chi connectivity index (χ3v) is 21.4. The van der Waals surface area contributed by atoms with E-state index in [2.05, 4.69) is 283 Å². The molecule has 0 saturated carbocycles. The number of nitrogens with one attached hydrogen (secondary N) is 6. The molecule has 10 heteroatoms. The Balaban J connectivity index is 0.971. The largest absolute Gasteiger partial charge is 0.493 e. The highest BCUT2D eigenvalue weighted by Crippen LogP contribution is 2.47. The molecule has 7 aliphatic heterocycles. The summed E-state index contributed by atoms with van der Waals surface area (Å²) in [5.41, 5.74) is 30.4. The van der Waals surface area contributed by atoms with Crippen molar-refractivity contribution in [3.8, 4) is 56.0 Å². The summed E-state index contributed by atoms with van der Waals surface area (Å²) in [6, 6.07) is 53.6. The van der Waals surface area contributed by atoms with Crippen molar-refractivity contribution in [2.45, 2.75) is 143 Å². The second-order valence-corrected chi connectivity index (χ2v) is 28.7. The first-order chi connectivity index (χ1) is 45.3. The molecule has 474 valence electrons. The molecular weight excluding hydrogens is 1150 g/mol. The number of aromatic nitrogens is 8. The van der Waals surface area contributed by atoms with Gasteiger partial charge in [-0.1, -0.05) is 71.8 Å². The third-order valence-electron chi connectivity index (χ3n) is 21.4. The van der Waals surface area contributed by atoms with E-state index >= 15 is 0 Å². The molecule has 0 atom stereocenters. The van der Waals surface area contributed by atoms with E-state index < -0.39 is 0 Å². The van der Waals surface area contributed by atoms with Gasteiger partial charge in [-0.15, -0.1) is 0 Å². The number of nitrogens with zero attached hydrogens (tertiary/aromatic N) is 2. The zero-order valence-electron chi connectivity index (χ0n) is 56.5. The molecule has 7 aromatic heterocycles. The Labute approximate surface area is 552 Å². The van der Waals surface area contributed by atoms with Gasteiger partial charge in [-0.05, 0) is 264 Å². The highest BCUT2D eigenvalue weighted by atomic mass is 16.5. The van der Waals surface area contributed by atoms with Gasteiger partial charge < -0.3 is 39.4 Å². The minimum atomic E-state index is -0.382. The minimum absolute atomic E-state index is 0.355. The molecule has 20 bridgehead atoms. The highest BCUT2D eigenvalue weighted by molar-refractivity contribution is 6.02. The van der Waals surface area contributed by atoms with Gasteiger partial charge in [0.15, 0.2) is 0 Å². The van der Waals surface area contributed by atoms with Gasteiger partial charge in [-0.3, -0.25) is 0 Å². The van der Waals surface area contributed by atoms with Gasteiger partial charge >= 0.3 is 0 Å². The zero-order chi connectivity index (χ0) is 65.0. The average Bonchev–Trinajstić information content (AvgIpc) is 1.59. The van der Waals surface area contributed by atoms with Gasteiger partial charge in [0, 0.05) is 123 Å². The smallest absolute Gasteiger partial charge is 0.127 e. The molecule has 11 aromatic rings. The molecule has 10 nitrogen and oxygen atoms in total. The van der Waals surface area contributed by atoms with Crippen LogP contribution in [0.1, 0.15) is 182 Å². The lowest BCUT2D eigenvalue weighted by molar-refractivity contribution is 0.299. The van der Waals surface area contributed by atoms with E-state index in [0.29, 0.717) is 13.2 Å². The Morgan fingerprint density at radius 2 is 0.617 bits per heavy atom. The van der Waals surface area contributed by atoms with Crippen LogP contribution in [0, 0.1) is 41.5 Å². The summed E-state index contributed by atoms with van der Waals surface area (Å²) in [6.45, 7) is 28.4. The molecule has 14 heterocycles. The molecule has 4 aromatic carbocycles. The van der Waals surface area contributed by atoms with Gasteiger partial charge in [-0.25, -0.2) is 9.97 Å². The summed E-state index contributed by atoms with van der Waals surface area (Å²) in [5, 5.41) is 0. The maximum atomic E-state index is 7.13. The van der Waals surface area contributed by atoms with Crippen LogP contribution in [-0.2, 0) is 21.7 Å². The van der Waals surface area contributed by atoms with Gasteiger partial charge in [0.05, 0.1) is 36.0 Å². The number of benzene rings is 4. The SMILES string of the molecule is Cc1cc(C)c(-c2c3nc(c4c5ccc([nH]5)c(-c5c(C)cc(C)cc5C)c5nc(c(c6ccc2[nH]6)-c2ccccc2OCCCCC2(C)c6ccc([nH]6)C(C)(C)c6ccc([nH]6)C(C)(CCCCOc6ccccc6-4)c4ccc([nH]4)C(C)(C)c4ccc2[nH]4)C=C5)C=C3)c(C)c1. The lowest BCUT2D eigenvalue weighted by Gasteiger charge is -2.31. The number of ether oxygens (including phenoxy) is 2. The van der Waals surface area contributed by atoms with Crippen molar-refractivity contribution in [3.63, 3.8) is 0 Å². The molecule has 7 aliphatic rings. The predicted molar refractivity (Wildman–Crippen MR) is 388 cm³/mol. The highest BCUT2D eigenvalue weighted by Gasteiger charge is 2.40. The fraction of sp³-hybridized carbons (Fsp3) is 0.286. The van der Waals surface area contributed by atoms with E-state index in [1.807, 2.05) is 0 Å². The molecule has 18 rings (SSSR count). The van der Waals surface area contributed by atoms with Crippen LogP contribution >= 0.6 is 0 Å². The summed E-state index contributed by atoms with van der Waals surface area (Å²) in [5.74, 6) is 1.60. The first kappa shape index (κ1) is 60.4. The number of hydrogen-bond acceptors (Lipinski definition) is 4. The van der Waals surface area contributed by atoms with E-state index in [0.717, 1.165) is 139 Å². The quantitative estimate of drug-likeness (QED) is 0.103. The number of hydrogen-bond donors (Lipinski definition) is 6. The first-order valence-electron chi connectivity index (χ1n) is 33.8. The fourth-order valence-corrected chi connectivity index (χ4v) is 16.0. The van der Waals surface area contributed by atoms with Crippen molar-refractivity contribution >= 4 is 46.4 Å². The van der Waals surface area contributed by atoms with Crippen molar-refractivity contribution < 1.29 is 9.47 Å². The van der Waals surface area contributed by atoms with Gasteiger partial charge in [0.2, 0.25) is 0 Å². The molecule has 6 N–H and O–H groups in total. The Hall–Kier alpha value is -9.80. The van der Waals surface area contributed by atoms with Crippen LogP contribution in [0.5, 0.6) is 11.5 Å². The molecule has 0 aliphatic carbocycles. The van der Waals surface area contributed by atoms with Crippen molar-refractivity contribution in [1.29, 1.82) is 0 Å². The zero-order valence-corrected chi connectivity index (χ0v) is 56.5. The molecule has 0 fully saturated rings. The number of para-hydroxylation sites is 2. The lowest BCUT2D eigenvalue weighted by atomic mass is 9.78. The lowest BCUT2D eigenvalue weighted by Crippen LogP contribution is -2.29. The maximum absolute atomic E-state index is 7.13. The second-order valence-electron chi connectivity index (χ2n) is 28.7. The Bertz CT molecular complexity index is 4600. The van der Waals surface area contributed by atoms with Gasteiger partial charge in [-0.2, -0.15) is 0 Å². The van der Waals surface area contributed by atoms with Crippen LogP contribution < -0.4 is 9.47 Å². The molecule has 0 amide bonds. The van der Waals surface area contributed by atoms with E-state index in [4.69, 9.17) is 19.4 Å². The molecule has 94 heavy (non-hydrogen) atoms. The Kier molecular flexibility index (Phi) is 14.8. The minimum Gasteiger partial charge on any atom is -0.493 e. The topological polar surface area (TPSA) is 139 Å². The molecule has 0 spiro atoms. The number of rotatable bonds is 2. The average molecular weight is 1240 g/mol. The summed E-state index contributed by atoms with van der Waals surface area (Å²) in [6.07, 6.45) is 14.1. The second kappa shape index (κ2) is 23.0. The molecule has 0 radical (unpaired) electrons. The molecule has 0 saturated heterocycles. The van der Waals surface area contributed by atoms with Crippen molar-refractivity contribution in [2.24, 2.45) is 0 Å². The fourth-order valence-electron chi connectivity index (χ4n) is 16.0. The maximum Gasteiger partial charge on any atom is 0.127 e. The van der Waals surface area contributed by atoms with E-state index in [1.165, 1.54) is 78.9 Å². The van der Waals surface area contributed by atoms with Crippen LogP contribution in [0.2, 0.25) is 0 Å². The predicted octanol–water partition coefficient (Wildman–Crippen LogP) is 20.9. The summed E-state index contributed by atoms with van der Waals surface area (Å²) < 4.78 is 14.3. The Morgan fingerprint density at radius 1 is 0.319 bits per heavy atom. The number of H-pyrrole nitrogens is 6. The van der Waals surface area contributed by atoms with Gasteiger partial charge in [0.1, 0.15) is 11.5 Å². The van der Waals surface area contributed by atoms with Crippen molar-refractivity contribution in [1.82, 2.24) is 39.9 Å². The van der Waals surface area contributed by atoms with E-state index in [-0.39, 0.29) is 21.7 Å². The van der Waals surface area contributed by atoms with Crippen molar-refractivity contribution in [2.75, 3.05) is 13.2 Å². The first-order valence-corrected chi connectivity index (χ1v) is 33.8. The molecular formula is C84H86N8O2. The normalized spacial score (nSPS) is 18.4. The van der Waals surface area contributed by atoms with Crippen LogP contribution in [0.25, 0.3) is 90.9 Å². The summed E-state index contributed by atoms with van der Waals surface area (Å²) in [7, 11) is 0. The third kappa shape index (κ3) is 10.2. The monoisotopic (exact) mass is 1240 g/mol.